The van der Waals surface area contributed by atoms with E-state index in [4.69, 9.17) is 5.11 Å². The molecule has 6 heteroatoms. The van der Waals surface area contributed by atoms with E-state index >= 15 is 0 Å². The predicted molar refractivity (Wildman–Crippen MR) is 84.7 cm³/mol. The van der Waals surface area contributed by atoms with Crippen LogP contribution < -0.4 is 10.6 Å². The van der Waals surface area contributed by atoms with Crippen molar-refractivity contribution >= 4 is 33.6 Å². The van der Waals surface area contributed by atoms with Crippen LogP contribution in [0.15, 0.2) is 22.7 Å². The van der Waals surface area contributed by atoms with Crippen LogP contribution in [0.5, 0.6) is 0 Å². The zero-order chi connectivity index (χ0) is 15.2. The van der Waals surface area contributed by atoms with E-state index in [1.807, 2.05) is 0 Å². The lowest BCUT2D eigenvalue weighted by Crippen LogP contribution is -2.30. The maximum absolute atomic E-state index is 11.8. The number of carbonyl (C=O) groups is 2. The monoisotopic (exact) mass is 354 g/mol. The number of carboxylic acid groups (broad SMARTS) is 1. The molecule has 0 spiro atoms. The lowest BCUT2D eigenvalue weighted by atomic mass is 10.0. The highest BCUT2D eigenvalue weighted by Crippen LogP contribution is 2.27. The molecule has 0 radical (unpaired) electrons. The molecule has 1 aliphatic carbocycles. The maximum atomic E-state index is 11.8. The normalized spacial score (nSPS) is 14.9. The second-order valence-corrected chi connectivity index (χ2v) is 6.17. The summed E-state index contributed by atoms with van der Waals surface area (Å²) in [5.74, 6) is -0.302. The number of urea groups is 1. The molecule has 0 aliphatic heterocycles. The van der Waals surface area contributed by atoms with Crippen LogP contribution in [-0.4, -0.2) is 23.7 Å². The largest absolute Gasteiger partial charge is 0.478 e. The van der Waals surface area contributed by atoms with E-state index in [1.165, 1.54) is 31.7 Å². The summed E-state index contributed by atoms with van der Waals surface area (Å²) in [5, 5.41) is 14.5. The zero-order valence-corrected chi connectivity index (χ0v) is 13.3. The van der Waals surface area contributed by atoms with Gasteiger partial charge in [-0.2, -0.15) is 0 Å². The molecule has 0 unspecified atom stereocenters. The highest BCUT2D eigenvalue weighted by molar-refractivity contribution is 9.10. The van der Waals surface area contributed by atoms with Gasteiger partial charge in [0.1, 0.15) is 0 Å². The third-order valence-electron chi connectivity index (χ3n) is 3.77. The third kappa shape index (κ3) is 4.74. The summed E-state index contributed by atoms with van der Waals surface area (Å²) in [5.41, 5.74) is 0.590. The standard InChI is InChI=1S/C15H19BrN2O3/c16-13-6-5-11(9-12(13)14(19)20)18-15(21)17-8-7-10-3-1-2-4-10/h5-6,9-10H,1-4,7-8H2,(H,19,20)(H2,17,18,21). The number of hydrogen-bond donors (Lipinski definition) is 3. The van der Waals surface area contributed by atoms with E-state index in [-0.39, 0.29) is 11.6 Å². The Hall–Kier alpha value is -1.56. The van der Waals surface area contributed by atoms with Gasteiger partial charge >= 0.3 is 12.0 Å². The van der Waals surface area contributed by atoms with E-state index in [0.717, 1.165) is 12.3 Å². The van der Waals surface area contributed by atoms with Crippen LogP contribution in [0.4, 0.5) is 10.5 Å². The Bertz CT molecular complexity index is 528. The minimum absolute atomic E-state index is 0.124. The lowest BCUT2D eigenvalue weighted by molar-refractivity contribution is 0.0696. The summed E-state index contributed by atoms with van der Waals surface area (Å²) in [6, 6.07) is 4.40. The molecule has 0 saturated heterocycles. The summed E-state index contributed by atoms with van der Waals surface area (Å²) in [6.45, 7) is 0.652. The van der Waals surface area contributed by atoms with Crippen LogP contribution in [0.2, 0.25) is 0 Å². The first-order valence-electron chi connectivity index (χ1n) is 7.14. The van der Waals surface area contributed by atoms with Gasteiger partial charge in [-0.25, -0.2) is 9.59 Å². The van der Waals surface area contributed by atoms with Crippen molar-refractivity contribution in [1.29, 1.82) is 0 Å². The van der Waals surface area contributed by atoms with Crippen molar-refractivity contribution in [1.82, 2.24) is 5.32 Å². The average molecular weight is 355 g/mol. The van der Waals surface area contributed by atoms with Gasteiger partial charge in [-0.15, -0.1) is 0 Å². The van der Waals surface area contributed by atoms with Crippen molar-refractivity contribution in [2.24, 2.45) is 5.92 Å². The first-order valence-corrected chi connectivity index (χ1v) is 7.93. The third-order valence-corrected chi connectivity index (χ3v) is 4.46. The second kappa shape index (κ2) is 7.45. The van der Waals surface area contributed by atoms with Crippen LogP contribution in [0.1, 0.15) is 42.5 Å². The molecular weight excluding hydrogens is 336 g/mol. The van der Waals surface area contributed by atoms with Crippen LogP contribution >= 0.6 is 15.9 Å². The highest BCUT2D eigenvalue weighted by Gasteiger charge is 2.15. The van der Waals surface area contributed by atoms with Gasteiger partial charge < -0.3 is 15.7 Å². The van der Waals surface area contributed by atoms with Crippen LogP contribution in [0, 0.1) is 5.92 Å². The molecule has 114 valence electrons. The van der Waals surface area contributed by atoms with Crippen LogP contribution in [0.3, 0.4) is 0 Å². The van der Waals surface area contributed by atoms with Crippen molar-refractivity contribution in [2.45, 2.75) is 32.1 Å². The topological polar surface area (TPSA) is 78.4 Å². The number of benzene rings is 1. The Labute approximate surface area is 132 Å². The minimum atomic E-state index is -1.04. The molecule has 1 fully saturated rings. The second-order valence-electron chi connectivity index (χ2n) is 5.32. The summed E-state index contributed by atoms with van der Waals surface area (Å²) in [6.07, 6.45) is 6.13. The summed E-state index contributed by atoms with van der Waals surface area (Å²) in [4.78, 5) is 22.8. The zero-order valence-electron chi connectivity index (χ0n) is 11.7. The first kappa shape index (κ1) is 15.8. The fraction of sp³-hybridized carbons (Fsp3) is 0.467. The van der Waals surface area contributed by atoms with E-state index in [0.29, 0.717) is 16.7 Å². The molecule has 0 heterocycles. The summed E-state index contributed by atoms with van der Waals surface area (Å²) < 4.78 is 0.488. The van der Waals surface area contributed by atoms with Gasteiger partial charge in [-0.1, -0.05) is 25.7 Å². The molecule has 0 atom stereocenters. The van der Waals surface area contributed by atoms with Gasteiger partial charge in [-0.05, 0) is 46.5 Å². The van der Waals surface area contributed by atoms with E-state index < -0.39 is 5.97 Å². The number of hydrogen-bond acceptors (Lipinski definition) is 2. The van der Waals surface area contributed by atoms with Crippen molar-refractivity contribution in [2.75, 3.05) is 11.9 Å². The Morgan fingerprint density at radius 3 is 2.67 bits per heavy atom. The number of carbonyl (C=O) groups excluding carboxylic acids is 1. The first-order chi connectivity index (χ1) is 10.1. The van der Waals surface area contributed by atoms with Crippen LogP contribution in [0.25, 0.3) is 0 Å². The highest BCUT2D eigenvalue weighted by atomic mass is 79.9. The Morgan fingerprint density at radius 2 is 2.00 bits per heavy atom. The van der Waals surface area contributed by atoms with Crippen molar-refractivity contribution in [3.63, 3.8) is 0 Å². The van der Waals surface area contributed by atoms with E-state index in [1.54, 1.807) is 12.1 Å². The number of rotatable bonds is 5. The Kier molecular flexibility index (Phi) is 5.61. The maximum Gasteiger partial charge on any atom is 0.336 e. The van der Waals surface area contributed by atoms with Gasteiger partial charge in [-0.3, -0.25) is 0 Å². The fourth-order valence-corrected chi connectivity index (χ4v) is 3.05. The number of amides is 2. The minimum Gasteiger partial charge on any atom is -0.478 e. The van der Waals surface area contributed by atoms with Gasteiger partial charge in [0.05, 0.1) is 5.56 Å². The molecule has 1 saturated carbocycles. The van der Waals surface area contributed by atoms with Gasteiger partial charge in [0.25, 0.3) is 0 Å². The molecule has 2 rings (SSSR count). The molecule has 1 aromatic carbocycles. The molecule has 21 heavy (non-hydrogen) atoms. The molecule has 3 N–H and O–H groups in total. The predicted octanol–water partition coefficient (Wildman–Crippen LogP) is 3.85. The van der Waals surface area contributed by atoms with Crippen molar-refractivity contribution in [3.05, 3.63) is 28.2 Å². The van der Waals surface area contributed by atoms with Crippen LogP contribution in [-0.2, 0) is 0 Å². The molecule has 5 nitrogen and oxygen atoms in total. The average Bonchev–Trinajstić information content (AvgIpc) is 2.94. The van der Waals surface area contributed by atoms with Gasteiger partial charge in [0, 0.05) is 16.7 Å². The van der Waals surface area contributed by atoms with Crippen molar-refractivity contribution in [3.8, 4) is 0 Å². The number of nitrogens with one attached hydrogen (secondary N) is 2. The summed E-state index contributed by atoms with van der Waals surface area (Å²) >= 11 is 3.17. The molecule has 0 aromatic heterocycles. The smallest absolute Gasteiger partial charge is 0.336 e. The van der Waals surface area contributed by atoms with Gasteiger partial charge in [0.15, 0.2) is 0 Å². The number of halogens is 1. The number of anilines is 1. The van der Waals surface area contributed by atoms with E-state index in [2.05, 4.69) is 26.6 Å². The quantitative estimate of drug-likeness (QED) is 0.751. The molecule has 1 aromatic rings. The molecular formula is C15H19BrN2O3. The molecule has 1 aliphatic rings. The summed E-state index contributed by atoms with van der Waals surface area (Å²) in [7, 11) is 0. The number of carboxylic acids is 1. The van der Waals surface area contributed by atoms with Gasteiger partial charge in [0.2, 0.25) is 0 Å². The fourth-order valence-electron chi connectivity index (χ4n) is 2.63. The lowest BCUT2D eigenvalue weighted by Gasteiger charge is -2.11. The SMILES string of the molecule is O=C(NCCC1CCCC1)Nc1ccc(Br)c(C(=O)O)c1. The molecule has 0 bridgehead atoms. The Morgan fingerprint density at radius 1 is 1.29 bits per heavy atom. The van der Waals surface area contributed by atoms with Crippen molar-refractivity contribution < 1.29 is 14.7 Å². The Balaban J connectivity index is 1.81. The number of aromatic carboxylic acids is 1. The molecule has 2 amide bonds. The van der Waals surface area contributed by atoms with E-state index in [9.17, 15) is 9.59 Å².